The molecule has 0 atom stereocenters. The normalized spacial score (nSPS) is 10.7. The van der Waals surface area contributed by atoms with E-state index in [9.17, 15) is 9.59 Å². The lowest BCUT2D eigenvalue weighted by atomic mass is 10.1. The monoisotopic (exact) mass is 333 g/mol. The zero-order valence-electron chi connectivity index (χ0n) is 11.8. The van der Waals surface area contributed by atoms with Crippen LogP contribution in [0.15, 0.2) is 53.3 Å². The SMILES string of the molecule is CNc1ccccc(C(=O)/C=C/c2ccc(Cl)cc2Cl)c1=O. The number of ketones is 1. The van der Waals surface area contributed by atoms with Gasteiger partial charge in [0.15, 0.2) is 5.78 Å². The first kappa shape index (κ1) is 16.3. The van der Waals surface area contributed by atoms with Gasteiger partial charge in [-0.2, -0.15) is 0 Å². The van der Waals surface area contributed by atoms with Gasteiger partial charge in [-0.3, -0.25) is 9.59 Å². The maximum Gasteiger partial charge on any atom is 0.212 e. The molecule has 2 aromatic rings. The first-order chi connectivity index (χ1) is 10.5. The molecule has 0 saturated heterocycles. The molecule has 1 N–H and O–H groups in total. The van der Waals surface area contributed by atoms with E-state index in [1.54, 1.807) is 49.5 Å². The molecule has 0 radical (unpaired) electrons. The first-order valence-corrected chi connectivity index (χ1v) is 7.27. The number of rotatable bonds is 4. The average Bonchev–Trinajstić information content (AvgIpc) is 2.67. The Bertz CT molecular complexity index is 801. The van der Waals surface area contributed by atoms with Crippen LogP contribution in [-0.4, -0.2) is 12.8 Å². The predicted molar refractivity (Wildman–Crippen MR) is 92.1 cm³/mol. The minimum atomic E-state index is -0.385. The second-order valence-corrected chi connectivity index (χ2v) is 5.33. The molecule has 0 saturated carbocycles. The molecule has 0 heterocycles. The molecule has 0 amide bonds. The van der Waals surface area contributed by atoms with Crippen LogP contribution in [0.3, 0.4) is 0 Å². The van der Waals surface area contributed by atoms with E-state index in [0.29, 0.717) is 21.3 Å². The van der Waals surface area contributed by atoms with Gasteiger partial charge in [0, 0.05) is 17.1 Å². The predicted octanol–water partition coefficient (Wildman–Crippen LogP) is 4.29. The number of nitrogens with one attached hydrogen (secondary N) is 1. The van der Waals surface area contributed by atoms with Gasteiger partial charge in [0.2, 0.25) is 5.43 Å². The number of hydrogen-bond acceptors (Lipinski definition) is 3. The van der Waals surface area contributed by atoms with Gasteiger partial charge in [-0.15, -0.1) is 0 Å². The summed E-state index contributed by atoms with van der Waals surface area (Å²) in [5.41, 5.74) is 0.771. The zero-order valence-corrected chi connectivity index (χ0v) is 13.3. The Kier molecular flexibility index (Phi) is 5.36. The van der Waals surface area contributed by atoms with E-state index < -0.39 is 0 Å². The molecule has 2 rings (SSSR count). The molecule has 0 aliphatic carbocycles. The van der Waals surface area contributed by atoms with Crippen LogP contribution >= 0.6 is 23.2 Å². The van der Waals surface area contributed by atoms with Crippen LogP contribution in [0.4, 0.5) is 5.69 Å². The van der Waals surface area contributed by atoms with Crippen molar-refractivity contribution in [3.63, 3.8) is 0 Å². The highest BCUT2D eigenvalue weighted by Crippen LogP contribution is 2.22. The summed E-state index contributed by atoms with van der Waals surface area (Å²) < 4.78 is 0. The number of carbonyl (C=O) groups excluding carboxylic acids is 1. The molecule has 0 unspecified atom stereocenters. The molecule has 0 bridgehead atoms. The van der Waals surface area contributed by atoms with E-state index in [1.807, 2.05) is 0 Å². The standard InChI is InChI=1S/C17H13Cl2NO2/c1-20-15-5-3-2-4-13(17(15)22)16(21)9-7-11-6-8-12(18)10-14(11)19/h2-10H,1H3,(H,20,22)/b9-7+. The highest BCUT2D eigenvalue weighted by atomic mass is 35.5. The molecule has 0 spiro atoms. The molecule has 0 aromatic heterocycles. The van der Waals surface area contributed by atoms with Crippen molar-refractivity contribution in [2.45, 2.75) is 0 Å². The van der Waals surface area contributed by atoms with Gasteiger partial charge < -0.3 is 5.32 Å². The minimum absolute atomic E-state index is 0.0932. The van der Waals surface area contributed by atoms with Gasteiger partial charge in [0.1, 0.15) is 0 Å². The lowest BCUT2D eigenvalue weighted by molar-refractivity contribution is 0.104. The van der Waals surface area contributed by atoms with Crippen LogP contribution in [0.1, 0.15) is 15.9 Å². The van der Waals surface area contributed by atoms with Crippen LogP contribution in [0, 0.1) is 0 Å². The average molecular weight is 334 g/mol. The largest absolute Gasteiger partial charge is 0.385 e. The van der Waals surface area contributed by atoms with Crippen molar-refractivity contribution < 1.29 is 4.79 Å². The maximum atomic E-state index is 12.2. The Hall–Kier alpha value is -2.10. The fraction of sp³-hybridized carbons (Fsp3) is 0.0588. The third-order valence-electron chi connectivity index (χ3n) is 3.04. The van der Waals surface area contributed by atoms with E-state index in [1.165, 1.54) is 12.1 Å². The summed E-state index contributed by atoms with van der Waals surface area (Å²) in [5, 5.41) is 3.73. The Morgan fingerprint density at radius 2 is 1.86 bits per heavy atom. The fourth-order valence-corrected chi connectivity index (χ4v) is 2.35. The number of hydrogen-bond donors (Lipinski definition) is 1. The van der Waals surface area contributed by atoms with E-state index in [4.69, 9.17) is 23.2 Å². The van der Waals surface area contributed by atoms with Gasteiger partial charge in [0.05, 0.1) is 11.3 Å². The highest BCUT2D eigenvalue weighted by molar-refractivity contribution is 6.35. The van der Waals surface area contributed by atoms with E-state index >= 15 is 0 Å². The number of benzene rings is 1. The fourth-order valence-electron chi connectivity index (χ4n) is 1.88. The second kappa shape index (κ2) is 7.25. The first-order valence-electron chi connectivity index (χ1n) is 6.51. The Morgan fingerprint density at radius 1 is 1.14 bits per heavy atom. The third kappa shape index (κ3) is 3.75. The quantitative estimate of drug-likeness (QED) is 0.670. The van der Waals surface area contributed by atoms with Gasteiger partial charge in [-0.25, -0.2) is 0 Å². The zero-order chi connectivity index (χ0) is 16.1. The summed E-state index contributed by atoms with van der Waals surface area (Å²) in [6.45, 7) is 0. The van der Waals surface area contributed by atoms with Crippen LogP contribution < -0.4 is 10.7 Å². The van der Waals surface area contributed by atoms with Crippen LogP contribution in [0.25, 0.3) is 6.08 Å². The van der Waals surface area contributed by atoms with Crippen molar-refractivity contribution in [3.05, 3.63) is 79.9 Å². The minimum Gasteiger partial charge on any atom is -0.385 e. The molecule has 22 heavy (non-hydrogen) atoms. The Balaban J connectivity index is 2.36. The molecule has 5 heteroatoms. The molecule has 112 valence electrons. The summed E-state index contributed by atoms with van der Waals surface area (Å²) in [4.78, 5) is 24.4. The van der Waals surface area contributed by atoms with E-state index in [0.717, 1.165) is 0 Å². The van der Waals surface area contributed by atoms with Crippen molar-refractivity contribution in [1.29, 1.82) is 0 Å². The van der Waals surface area contributed by atoms with Gasteiger partial charge in [-0.1, -0.05) is 41.4 Å². The van der Waals surface area contributed by atoms with Crippen LogP contribution in [-0.2, 0) is 0 Å². The van der Waals surface area contributed by atoms with E-state index in [-0.39, 0.29) is 16.8 Å². The molecule has 0 aliphatic rings. The second-order valence-electron chi connectivity index (χ2n) is 4.49. The van der Waals surface area contributed by atoms with E-state index in [2.05, 4.69) is 5.32 Å². The summed E-state index contributed by atoms with van der Waals surface area (Å²) in [5.74, 6) is -0.385. The number of carbonyl (C=O) groups is 1. The molecule has 3 nitrogen and oxygen atoms in total. The topological polar surface area (TPSA) is 46.2 Å². The Labute approximate surface area is 138 Å². The highest BCUT2D eigenvalue weighted by Gasteiger charge is 2.08. The number of anilines is 1. The smallest absolute Gasteiger partial charge is 0.212 e. The van der Waals surface area contributed by atoms with Crippen molar-refractivity contribution in [2.75, 3.05) is 12.4 Å². The Morgan fingerprint density at radius 3 is 2.55 bits per heavy atom. The number of halogens is 2. The van der Waals surface area contributed by atoms with Gasteiger partial charge in [-0.05, 0) is 42.0 Å². The van der Waals surface area contributed by atoms with Crippen molar-refractivity contribution in [1.82, 2.24) is 0 Å². The number of allylic oxidation sites excluding steroid dienone is 1. The third-order valence-corrected chi connectivity index (χ3v) is 3.60. The van der Waals surface area contributed by atoms with Crippen molar-refractivity contribution in [3.8, 4) is 0 Å². The maximum absolute atomic E-state index is 12.2. The molecule has 0 aliphatic heterocycles. The van der Waals surface area contributed by atoms with Crippen LogP contribution in [0.5, 0.6) is 0 Å². The summed E-state index contributed by atoms with van der Waals surface area (Å²) in [6.07, 6.45) is 2.89. The lowest BCUT2D eigenvalue weighted by Gasteiger charge is -1.99. The molecule has 0 fully saturated rings. The summed E-state index contributed by atoms with van der Waals surface area (Å²) in [7, 11) is 1.63. The molecule has 2 aromatic carbocycles. The summed E-state index contributed by atoms with van der Waals surface area (Å²) >= 11 is 11.9. The van der Waals surface area contributed by atoms with Crippen molar-refractivity contribution in [2.24, 2.45) is 0 Å². The molecular formula is C17H13Cl2NO2. The van der Waals surface area contributed by atoms with Gasteiger partial charge in [0.25, 0.3) is 0 Å². The lowest BCUT2D eigenvalue weighted by Crippen LogP contribution is -2.14. The van der Waals surface area contributed by atoms with Crippen molar-refractivity contribution >= 4 is 40.7 Å². The summed E-state index contributed by atoms with van der Waals surface area (Å²) in [6, 6.07) is 11.4. The molecular weight excluding hydrogens is 321 g/mol. The van der Waals surface area contributed by atoms with Gasteiger partial charge >= 0.3 is 0 Å². The van der Waals surface area contributed by atoms with Crippen LogP contribution in [0.2, 0.25) is 10.0 Å².